The molecular formula is C11H9N3O2. The molecule has 0 unspecified atom stereocenters. The molecule has 0 aliphatic heterocycles. The minimum atomic E-state index is -0.939. The predicted molar refractivity (Wildman–Crippen MR) is 58.7 cm³/mol. The minimum Gasteiger partial charge on any atom is -0.478 e. The lowest BCUT2D eigenvalue weighted by Crippen LogP contribution is -1.97. The van der Waals surface area contributed by atoms with E-state index in [0.29, 0.717) is 5.82 Å². The highest BCUT2D eigenvalue weighted by Crippen LogP contribution is 2.14. The number of nitrogens with zero attached hydrogens (tertiary/aromatic N) is 2. The van der Waals surface area contributed by atoms with Crippen molar-refractivity contribution in [3.63, 3.8) is 0 Å². The van der Waals surface area contributed by atoms with Gasteiger partial charge in [0, 0.05) is 11.9 Å². The van der Waals surface area contributed by atoms with Crippen LogP contribution in [0.1, 0.15) is 10.4 Å². The number of carboxylic acid groups (broad SMARTS) is 1. The lowest BCUT2D eigenvalue weighted by Gasteiger charge is -2.04. The summed E-state index contributed by atoms with van der Waals surface area (Å²) >= 11 is 0. The zero-order valence-corrected chi connectivity index (χ0v) is 8.29. The lowest BCUT2D eigenvalue weighted by molar-refractivity contribution is 0.0697. The number of aromatic nitrogens is 2. The van der Waals surface area contributed by atoms with E-state index in [1.54, 1.807) is 30.5 Å². The number of aromatic carboxylic acids is 1. The van der Waals surface area contributed by atoms with Gasteiger partial charge in [-0.15, -0.1) is 5.10 Å². The Bertz CT molecular complexity index is 482. The standard InChI is InChI=1S/C11H9N3O2/c15-11(16)8-3-5-9(6-4-8)13-10-2-1-7-12-14-10/h1-7H,(H,13,14)(H,15,16). The first-order valence-corrected chi connectivity index (χ1v) is 4.64. The van der Waals surface area contributed by atoms with E-state index < -0.39 is 5.97 Å². The average molecular weight is 215 g/mol. The van der Waals surface area contributed by atoms with Gasteiger partial charge in [0.05, 0.1) is 5.56 Å². The van der Waals surface area contributed by atoms with Crippen molar-refractivity contribution >= 4 is 17.5 Å². The van der Waals surface area contributed by atoms with E-state index in [4.69, 9.17) is 5.11 Å². The van der Waals surface area contributed by atoms with Crippen LogP contribution in [-0.2, 0) is 0 Å². The Hall–Kier alpha value is -2.43. The molecule has 0 amide bonds. The highest BCUT2D eigenvalue weighted by molar-refractivity contribution is 5.88. The number of rotatable bonds is 3. The summed E-state index contributed by atoms with van der Waals surface area (Å²) in [5.41, 5.74) is 1.02. The summed E-state index contributed by atoms with van der Waals surface area (Å²) < 4.78 is 0. The third-order valence-corrected chi connectivity index (χ3v) is 1.98. The van der Waals surface area contributed by atoms with Crippen LogP contribution in [0.3, 0.4) is 0 Å². The summed E-state index contributed by atoms with van der Waals surface area (Å²) in [7, 11) is 0. The van der Waals surface area contributed by atoms with Gasteiger partial charge in [-0.2, -0.15) is 5.10 Å². The Morgan fingerprint density at radius 2 is 1.94 bits per heavy atom. The van der Waals surface area contributed by atoms with E-state index in [-0.39, 0.29) is 5.56 Å². The molecule has 16 heavy (non-hydrogen) atoms. The van der Waals surface area contributed by atoms with Gasteiger partial charge in [0.25, 0.3) is 0 Å². The molecule has 1 heterocycles. The van der Waals surface area contributed by atoms with Gasteiger partial charge in [-0.3, -0.25) is 0 Å². The second kappa shape index (κ2) is 4.39. The van der Waals surface area contributed by atoms with Crippen LogP contribution in [0.25, 0.3) is 0 Å². The number of nitrogens with one attached hydrogen (secondary N) is 1. The van der Waals surface area contributed by atoms with Crippen LogP contribution in [-0.4, -0.2) is 21.3 Å². The van der Waals surface area contributed by atoms with Crippen LogP contribution < -0.4 is 5.32 Å². The molecule has 2 N–H and O–H groups in total. The van der Waals surface area contributed by atoms with Gasteiger partial charge < -0.3 is 10.4 Å². The molecule has 2 aromatic rings. The summed E-state index contributed by atoms with van der Waals surface area (Å²) in [6.07, 6.45) is 1.58. The Morgan fingerprint density at radius 1 is 1.19 bits per heavy atom. The average Bonchev–Trinajstić information content (AvgIpc) is 2.31. The third kappa shape index (κ3) is 2.33. The van der Waals surface area contributed by atoms with Crippen LogP contribution in [0.4, 0.5) is 11.5 Å². The number of anilines is 2. The van der Waals surface area contributed by atoms with Gasteiger partial charge in [-0.05, 0) is 36.4 Å². The summed E-state index contributed by atoms with van der Waals surface area (Å²) in [6, 6.07) is 9.96. The third-order valence-electron chi connectivity index (χ3n) is 1.98. The molecular weight excluding hydrogens is 206 g/mol. The van der Waals surface area contributed by atoms with Gasteiger partial charge in [0.1, 0.15) is 0 Å². The zero-order valence-electron chi connectivity index (χ0n) is 8.29. The van der Waals surface area contributed by atoms with Gasteiger partial charge >= 0.3 is 5.97 Å². The maximum absolute atomic E-state index is 10.6. The molecule has 0 saturated heterocycles. The molecule has 1 aromatic heterocycles. The summed E-state index contributed by atoms with van der Waals surface area (Å²) in [5, 5.41) is 19.3. The second-order valence-electron chi connectivity index (χ2n) is 3.12. The topological polar surface area (TPSA) is 75.1 Å². The maximum Gasteiger partial charge on any atom is 0.335 e. The van der Waals surface area contributed by atoms with Crippen molar-refractivity contribution in [2.75, 3.05) is 5.32 Å². The number of hydrogen-bond donors (Lipinski definition) is 2. The number of hydrogen-bond acceptors (Lipinski definition) is 4. The molecule has 5 heteroatoms. The molecule has 0 bridgehead atoms. The molecule has 1 aromatic carbocycles. The van der Waals surface area contributed by atoms with Crippen LogP contribution in [0.2, 0.25) is 0 Å². The molecule has 0 atom stereocenters. The van der Waals surface area contributed by atoms with Crippen molar-refractivity contribution in [1.82, 2.24) is 10.2 Å². The van der Waals surface area contributed by atoms with E-state index in [0.717, 1.165) is 5.69 Å². The smallest absolute Gasteiger partial charge is 0.335 e. The second-order valence-corrected chi connectivity index (χ2v) is 3.12. The Kier molecular flexibility index (Phi) is 2.77. The van der Waals surface area contributed by atoms with E-state index in [2.05, 4.69) is 15.5 Å². The monoisotopic (exact) mass is 215 g/mol. The maximum atomic E-state index is 10.6. The Labute approximate surface area is 91.8 Å². The largest absolute Gasteiger partial charge is 0.478 e. The molecule has 0 radical (unpaired) electrons. The van der Waals surface area contributed by atoms with Crippen LogP contribution in [0, 0.1) is 0 Å². The van der Waals surface area contributed by atoms with Gasteiger partial charge in [-0.25, -0.2) is 4.79 Å². The SMILES string of the molecule is O=C(O)c1ccc(Nc2cccnn2)cc1. The first kappa shape index (κ1) is 10.1. The fourth-order valence-electron chi connectivity index (χ4n) is 1.21. The van der Waals surface area contributed by atoms with E-state index >= 15 is 0 Å². The summed E-state index contributed by atoms with van der Waals surface area (Å²) in [5.74, 6) is -0.323. The van der Waals surface area contributed by atoms with E-state index in [1.165, 1.54) is 12.1 Å². The number of benzene rings is 1. The van der Waals surface area contributed by atoms with Crippen molar-refractivity contribution in [1.29, 1.82) is 0 Å². The normalized spacial score (nSPS) is 9.75. The van der Waals surface area contributed by atoms with Crippen molar-refractivity contribution in [3.8, 4) is 0 Å². The first-order chi connectivity index (χ1) is 7.75. The lowest BCUT2D eigenvalue weighted by atomic mass is 10.2. The quantitative estimate of drug-likeness (QED) is 0.818. The van der Waals surface area contributed by atoms with Crippen LogP contribution >= 0.6 is 0 Å². The summed E-state index contributed by atoms with van der Waals surface area (Å²) in [4.78, 5) is 10.6. The molecule has 0 aliphatic carbocycles. The highest BCUT2D eigenvalue weighted by atomic mass is 16.4. The molecule has 0 saturated carbocycles. The fraction of sp³-hybridized carbons (Fsp3) is 0. The van der Waals surface area contributed by atoms with Gasteiger partial charge in [0.2, 0.25) is 0 Å². The van der Waals surface area contributed by atoms with Gasteiger partial charge in [-0.1, -0.05) is 0 Å². The first-order valence-electron chi connectivity index (χ1n) is 4.64. The highest BCUT2D eigenvalue weighted by Gasteiger charge is 2.01. The molecule has 0 spiro atoms. The van der Waals surface area contributed by atoms with Crippen molar-refractivity contribution in [2.45, 2.75) is 0 Å². The molecule has 80 valence electrons. The number of carbonyl (C=O) groups is 1. The molecule has 2 rings (SSSR count). The van der Waals surface area contributed by atoms with Gasteiger partial charge in [0.15, 0.2) is 5.82 Å². The molecule has 5 nitrogen and oxygen atoms in total. The molecule has 0 fully saturated rings. The van der Waals surface area contributed by atoms with Crippen molar-refractivity contribution in [3.05, 3.63) is 48.2 Å². The predicted octanol–water partition coefficient (Wildman–Crippen LogP) is 1.92. The van der Waals surface area contributed by atoms with Crippen LogP contribution in [0.5, 0.6) is 0 Å². The Balaban J connectivity index is 2.14. The molecule has 0 aliphatic rings. The minimum absolute atomic E-state index is 0.254. The fourth-order valence-corrected chi connectivity index (χ4v) is 1.21. The zero-order chi connectivity index (χ0) is 11.4. The number of carboxylic acids is 1. The van der Waals surface area contributed by atoms with Crippen molar-refractivity contribution < 1.29 is 9.90 Å². The van der Waals surface area contributed by atoms with E-state index in [1.807, 2.05) is 0 Å². The van der Waals surface area contributed by atoms with Crippen molar-refractivity contribution in [2.24, 2.45) is 0 Å². The Morgan fingerprint density at radius 3 is 2.50 bits per heavy atom. The van der Waals surface area contributed by atoms with E-state index in [9.17, 15) is 4.79 Å². The van der Waals surface area contributed by atoms with Crippen LogP contribution in [0.15, 0.2) is 42.6 Å². The summed E-state index contributed by atoms with van der Waals surface area (Å²) in [6.45, 7) is 0.